The van der Waals surface area contributed by atoms with Crippen molar-refractivity contribution in [3.05, 3.63) is 71.4 Å². The van der Waals surface area contributed by atoms with Crippen molar-refractivity contribution in [2.24, 2.45) is 0 Å². The number of para-hydroxylation sites is 2. The first-order chi connectivity index (χ1) is 15.9. The van der Waals surface area contributed by atoms with Gasteiger partial charge in [0.1, 0.15) is 18.1 Å². The van der Waals surface area contributed by atoms with Crippen LogP contribution in [0.5, 0.6) is 11.5 Å². The molecule has 1 amide bonds. The number of ether oxygens (including phenoxy) is 2. The average molecular weight is 488 g/mol. The number of sulfone groups is 1. The molecule has 2 atom stereocenters. The molecule has 0 N–H and O–H groups in total. The number of carbonyl (C=O) groups excluding carboxylic acids is 1. The van der Waals surface area contributed by atoms with E-state index in [0.717, 1.165) is 5.56 Å². The van der Waals surface area contributed by atoms with E-state index in [2.05, 4.69) is 0 Å². The Morgan fingerprint density at radius 3 is 2.52 bits per heavy atom. The zero-order valence-electron chi connectivity index (χ0n) is 17.6. The summed E-state index contributed by atoms with van der Waals surface area (Å²) in [7, 11) is -3.20. The molecule has 2 aliphatic rings. The number of halogens is 1. The highest BCUT2D eigenvalue weighted by molar-refractivity contribution is 7.91. The minimum atomic E-state index is -3.20. The molecule has 0 radical (unpaired) electrons. The molecular weight excluding hydrogens is 466 g/mol. The van der Waals surface area contributed by atoms with E-state index in [1.807, 2.05) is 24.3 Å². The van der Waals surface area contributed by atoms with Crippen LogP contribution in [0.4, 0.5) is 0 Å². The van der Waals surface area contributed by atoms with Crippen LogP contribution >= 0.6 is 11.6 Å². The third-order valence-corrected chi connectivity index (χ3v) is 7.84. The van der Waals surface area contributed by atoms with E-state index >= 15 is 0 Å². The summed E-state index contributed by atoms with van der Waals surface area (Å²) < 4.78 is 41.9. The normalized spacial score (nSPS) is 21.0. The molecule has 1 aromatic heterocycles. The van der Waals surface area contributed by atoms with Crippen LogP contribution in [-0.2, 0) is 21.2 Å². The lowest BCUT2D eigenvalue weighted by molar-refractivity contribution is -0.144. The highest BCUT2D eigenvalue weighted by atomic mass is 35.5. The Hall–Kier alpha value is -2.97. The van der Waals surface area contributed by atoms with E-state index in [4.69, 9.17) is 25.5 Å². The second-order valence-corrected chi connectivity index (χ2v) is 10.8. The van der Waals surface area contributed by atoms with Gasteiger partial charge in [0, 0.05) is 16.6 Å². The van der Waals surface area contributed by atoms with Gasteiger partial charge in [-0.2, -0.15) is 0 Å². The van der Waals surface area contributed by atoms with Gasteiger partial charge in [-0.25, -0.2) is 8.42 Å². The molecule has 1 saturated heterocycles. The molecule has 5 rings (SSSR count). The lowest BCUT2D eigenvalue weighted by atomic mass is 10.1. The first-order valence-corrected chi connectivity index (χ1v) is 12.8. The van der Waals surface area contributed by atoms with Gasteiger partial charge in [0.2, 0.25) is 6.10 Å². The first-order valence-electron chi connectivity index (χ1n) is 10.6. The molecule has 7 nitrogen and oxygen atoms in total. The van der Waals surface area contributed by atoms with E-state index in [0.29, 0.717) is 34.5 Å². The highest BCUT2D eigenvalue weighted by Gasteiger charge is 2.39. The molecule has 9 heteroatoms. The SMILES string of the molecule is O=C([C@@H]1COc2ccccc2O1)N(Cc1ccc(-c2ccc(Cl)cc2)o1)[C@H]1CCS(=O)(=O)C1. The number of hydrogen-bond acceptors (Lipinski definition) is 6. The van der Waals surface area contributed by atoms with Crippen molar-refractivity contribution < 1.29 is 27.1 Å². The maximum atomic E-state index is 13.5. The van der Waals surface area contributed by atoms with Crippen molar-refractivity contribution in [2.45, 2.75) is 25.1 Å². The van der Waals surface area contributed by atoms with Crippen molar-refractivity contribution in [1.82, 2.24) is 4.90 Å². The molecule has 0 saturated carbocycles. The second-order valence-electron chi connectivity index (χ2n) is 8.16. The Bertz CT molecular complexity index is 1270. The van der Waals surface area contributed by atoms with E-state index in [9.17, 15) is 13.2 Å². The molecule has 0 bridgehead atoms. The first kappa shape index (κ1) is 21.9. The van der Waals surface area contributed by atoms with Crippen molar-refractivity contribution in [3.8, 4) is 22.8 Å². The summed E-state index contributed by atoms with van der Waals surface area (Å²) in [5.74, 6) is 1.91. The summed E-state index contributed by atoms with van der Waals surface area (Å²) in [6.07, 6.45) is -0.489. The monoisotopic (exact) mass is 487 g/mol. The predicted octanol–water partition coefficient (Wildman–Crippen LogP) is 3.96. The van der Waals surface area contributed by atoms with Crippen molar-refractivity contribution in [2.75, 3.05) is 18.1 Å². The van der Waals surface area contributed by atoms with Crippen LogP contribution in [0.1, 0.15) is 12.2 Å². The van der Waals surface area contributed by atoms with Crippen LogP contribution in [0.25, 0.3) is 11.3 Å². The van der Waals surface area contributed by atoms with Gasteiger partial charge in [0.15, 0.2) is 21.3 Å². The largest absolute Gasteiger partial charge is 0.485 e. The van der Waals surface area contributed by atoms with E-state index in [-0.39, 0.29) is 30.6 Å². The lowest BCUT2D eigenvalue weighted by Gasteiger charge is -2.33. The molecule has 1 fully saturated rings. The third-order valence-electron chi connectivity index (χ3n) is 5.83. The molecule has 2 aliphatic heterocycles. The summed E-state index contributed by atoms with van der Waals surface area (Å²) >= 11 is 5.96. The summed E-state index contributed by atoms with van der Waals surface area (Å²) in [6, 6.07) is 17.6. The Labute approximate surface area is 196 Å². The Morgan fingerprint density at radius 2 is 1.79 bits per heavy atom. The number of amides is 1. The minimum Gasteiger partial charge on any atom is -0.485 e. The molecule has 33 heavy (non-hydrogen) atoms. The molecule has 0 unspecified atom stereocenters. The topological polar surface area (TPSA) is 86.1 Å². The van der Waals surface area contributed by atoms with Crippen LogP contribution in [0.2, 0.25) is 5.02 Å². The van der Waals surface area contributed by atoms with Crippen molar-refractivity contribution >= 4 is 27.3 Å². The maximum Gasteiger partial charge on any atom is 0.267 e. The van der Waals surface area contributed by atoms with Crippen LogP contribution in [0, 0.1) is 0 Å². The van der Waals surface area contributed by atoms with Gasteiger partial charge in [-0.05, 0) is 55.0 Å². The highest BCUT2D eigenvalue weighted by Crippen LogP contribution is 2.32. The van der Waals surface area contributed by atoms with Gasteiger partial charge in [-0.3, -0.25) is 4.79 Å². The molecule has 3 aromatic rings. The lowest BCUT2D eigenvalue weighted by Crippen LogP contribution is -2.50. The zero-order valence-corrected chi connectivity index (χ0v) is 19.2. The number of carbonyl (C=O) groups is 1. The van der Waals surface area contributed by atoms with Crippen LogP contribution in [-0.4, -0.2) is 49.5 Å². The molecular formula is C24H22ClNO6S. The second kappa shape index (κ2) is 8.76. The van der Waals surface area contributed by atoms with Gasteiger partial charge >= 0.3 is 0 Å². The van der Waals surface area contributed by atoms with E-state index < -0.39 is 22.0 Å². The molecule has 3 heterocycles. The third kappa shape index (κ3) is 4.72. The zero-order chi connectivity index (χ0) is 23.0. The van der Waals surface area contributed by atoms with Crippen molar-refractivity contribution in [3.63, 3.8) is 0 Å². The number of nitrogens with zero attached hydrogens (tertiary/aromatic N) is 1. The summed E-state index contributed by atoms with van der Waals surface area (Å²) in [5.41, 5.74) is 0.854. The Balaban J connectivity index is 1.39. The van der Waals surface area contributed by atoms with Crippen LogP contribution < -0.4 is 9.47 Å². The smallest absolute Gasteiger partial charge is 0.267 e. The fraction of sp³-hybridized carbons (Fsp3) is 0.292. The number of furan rings is 1. The number of fused-ring (bicyclic) bond motifs is 1. The van der Waals surface area contributed by atoms with Crippen LogP contribution in [0.3, 0.4) is 0 Å². The van der Waals surface area contributed by atoms with E-state index in [1.165, 1.54) is 0 Å². The average Bonchev–Trinajstić information content (AvgIpc) is 3.43. The van der Waals surface area contributed by atoms with Gasteiger partial charge in [0.05, 0.1) is 18.1 Å². The molecule has 0 aliphatic carbocycles. The van der Waals surface area contributed by atoms with E-state index in [1.54, 1.807) is 41.3 Å². The summed E-state index contributed by atoms with van der Waals surface area (Å²) in [6.45, 7) is 0.189. The van der Waals surface area contributed by atoms with Gasteiger partial charge < -0.3 is 18.8 Å². The minimum absolute atomic E-state index is 0.0556. The fourth-order valence-corrected chi connectivity index (χ4v) is 5.99. The fourth-order valence-electron chi connectivity index (χ4n) is 4.13. The van der Waals surface area contributed by atoms with Crippen LogP contribution in [0.15, 0.2) is 65.1 Å². The standard InChI is InChI=1S/C24H22ClNO6S/c25-17-7-5-16(6-8-17)20-10-9-19(31-20)13-26(18-11-12-33(28,29)15-18)24(27)23-14-30-21-3-1-2-4-22(21)32-23/h1-10,18,23H,11-15H2/t18-,23-/m0/s1. The van der Waals surface area contributed by atoms with Gasteiger partial charge in [-0.1, -0.05) is 23.7 Å². The predicted molar refractivity (Wildman–Crippen MR) is 123 cm³/mol. The summed E-state index contributed by atoms with van der Waals surface area (Å²) in [5, 5.41) is 0.626. The van der Waals surface area contributed by atoms with Gasteiger partial charge in [0.25, 0.3) is 5.91 Å². The quantitative estimate of drug-likeness (QED) is 0.541. The maximum absolute atomic E-state index is 13.5. The van der Waals surface area contributed by atoms with Crippen molar-refractivity contribution in [1.29, 1.82) is 0 Å². The molecule has 172 valence electrons. The Kier molecular flexibility index (Phi) is 5.80. The molecule has 0 spiro atoms. The Morgan fingerprint density at radius 1 is 1.03 bits per heavy atom. The summed E-state index contributed by atoms with van der Waals surface area (Å²) in [4.78, 5) is 15.0. The number of benzene rings is 2. The number of hydrogen-bond donors (Lipinski definition) is 0. The van der Waals surface area contributed by atoms with Gasteiger partial charge in [-0.15, -0.1) is 0 Å². The molecule has 2 aromatic carbocycles. The number of rotatable bonds is 5.